The summed E-state index contributed by atoms with van der Waals surface area (Å²) in [5.41, 5.74) is 6.32. The third-order valence-electron chi connectivity index (χ3n) is 3.73. The molecular formula is C12H13N5O4. The van der Waals surface area contributed by atoms with Gasteiger partial charge in [-0.3, -0.25) is 14.9 Å². The molecule has 1 fully saturated rings. The van der Waals surface area contributed by atoms with E-state index in [-0.39, 0.29) is 23.0 Å². The van der Waals surface area contributed by atoms with Crippen LogP contribution in [0.4, 0.5) is 11.4 Å². The van der Waals surface area contributed by atoms with Crippen LogP contribution in [0, 0.1) is 16.0 Å². The Morgan fingerprint density at radius 1 is 1.43 bits per heavy atom. The number of fused-ring (bicyclic) bond motifs is 1. The number of nitro groups is 1. The number of hydrogen-bond acceptors (Lipinski definition) is 7. The predicted molar refractivity (Wildman–Crippen MR) is 72.6 cm³/mol. The lowest BCUT2D eigenvalue weighted by atomic mass is 9.97. The molecular weight excluding hydrogens is 278 g/mol. The SMILES string of the molecule is NC(=O)C1CCCN(c2ccc([N+](=O)[O-])c3nonc23)C1. The molecule has 1 amide bonds. The summed E-state index contributed by atoms with van der Waals surface area (Å²) >= 11 is 0. The number of primary amides is 1. The fraction of sp³-hybridized carbons (Fsp3) is 0.417. The summed E-state index contributed by atoms with van der Waals surface area (Å²) in [6.45, 7) is 1.19. The van der Waals surface area contributed by atoms with E-state index in [0.717, 1.165) is 19.4 Å². The summed E-state index contributed by atoms with van der Waals surface area (Å²) in [6, 6.07) is 2.98. The fourth-order valence-electron chi connectivity index (χ4n) is 2.67. The number of carbonyl (C=O) groups is 1. The molecule has 0 aliphatic carbocycles. The molecule has 2 aromatic rings. The Hall–Kier alpha value is -2.71. The zero-order valence-corrected chi connectivity index (χ0v) is 11.1. The van der Waals surface area contributed by atoms with Gasteiger partial charge in [0.15, 0.2) is 5.52 Å². The second-order valence-electron chi connectivity index (χ2n) is 5.01. The summed E-state index contributed by atoms with van der Waals surface area (Å²) in [5, 5.41) is 18.3. The normalized spacial score (nSPS) is 18.9. The first-order valence-corrected chi connectivity index (χ1v) is 6.52. The van der Waals surface area contributed by atoms with E-state index in [2.05, 4.69) is 14.9 Å². The molecule has 1 aliphatic rings. The standard InChI is InChI=1S/C12H13N5O4/c13-12(18)7-2-1-5-16(6-7)8-3-4-9(17(19)20)11-10(8)14-21-15-11/h3-4,7H,1-2,5-6H2,(H2,13,18). The Morgan fingerprint density at radius 3 is 2.90 bits per heavy atom. The Kier molecular flexibility index (Phi) is 3.16. The number of benzene rings is 1. The van der Waals surface area contributed by atoms with Gasteiger partial charge < -0.3 is 10.6 Å². The molecule has 1 atom stereocenters. The predicted octanol–water partition coefficient (Wildman–Crippen LogP) is 0.833. The van der Waals surface area contributed by atoms with Gasteiger partial charge in [-0.15, -0.1) is 0 Å². The summed E-state index contributed by atoms with van der Waals surface area (Å²) in [7, 11) is 0. The Balaban J connectivity index is 2.01. The second kappa shape index (κ2) is 5.00. The van der Waals surface area contributed by atoms with Crippen LogP contribution < -0.4 is 10.6 Å². The topological polar surface area (TPSA) is 128 Å². The van der Waals surface area contributed by atoms with Crippen molar-refractivity contribution in [3.8, 4) is 0 Å². The van der Waals surface area contributed by atoms with Gasteiger partial charge in [0.2, 0.25) is 11.4 Å². The summed E-state index contributed by atoms with van der Waals surface area (Å²) in [6.07, 6.45) is 1.57. The lowest BCUT2D eigenvalue weighted by Gasteiger charge is -2.32. The maximum atomic E-state index is 11.3. The van der Waals surface area contributed by atoms with Gasteiger partial charge in [0.25, 0.3) is 0 Å². The molecule has 9 heteroatoms. The number of amides is 1. The van der Waals surface area contributed by atoms with Gasteiger partial charge >= 0.3 is 5.69 Å². The van der Waals surface area contributed by atoms with Crippen molar-refractivity contribution in [2.45, 2.75) is 12.8 Å². The summed E-state index contributed by atoms with van der Waals surface area (Å²) < 4.78 is 4.64. The van der Waals surface area contributed by atoms with Crippen LogP contribution in [0.3, 0.4) is 0 Å². The van der Waals surface area contributed by atoms with E-state index < -0.39 is 4.92 Å². The molecule has 1 aromatic carbocycles. The molecule has 1 unspecified atom stereocenters. The molecule has 0 radical (unpaired) electrons. The molecule has 0 saturated carbocycles. The maximum absolute atomic E-state index is 11.3. The number of anilines is 1. The number of non-ortho nitro benzene ring substituents is 1. The summed E-state index contributed by atoms with van der Waals surface area (Å²) in [4.78, 5) is 23.7. The van der Waals surface area contributed by atoms with E-state index in [4.69, 9.17) is 5.73 Å². The minimum Gasteiger partial charge on any atom is -0.369 e. The first-order chi connectivity index (χ1) is 10.1. The average molecular weight is 291 g/mol. The van der Waals surface area contributed by atoms with E-state index in [1.54, 1.807) is 6.07 Å². The van der Waals surface area contributed by atoms with Crippen LogP contribution in [0.2, 0.25) is 0 Å². The number of aromatic nitrogens is 2. The third-order valence-corrected chi connectivity index (χ3v) is 3.73. The van der Waals surface area contributed by atoms with Crippen molar-refractivity contribution in [3.63, 3.8) is 0 Å². The number of rotatable bonds is 3. The van der Waals surface area contributed by atoms with E-state index >= 15 is 0 Å². The smallest absolute Gasteiger partial charge is 0.300 e. The molecule has 9 nitrogen and oxygen atoms in total. The van der Waals surface area contributed by atoms with Gasteiger partial charge in [-0.1, -0.05) is 0 Å². The number of nitrogens with two attached hydrogens (primary N) is 1. The highest BCUT2D eigenvalue weighted by molar-refractivity contribution is 5.94. The van der Waals surface area contributed by atoms with Gasteiger partial charge in [-0.2, -0.15) is 0 Å². The zero-order valence-electron chi connectivity index (χ0n) is 11.1. The zero-order chi connectivity index (χ0) is 15.0. The van der Waals surface area contributed by atoms with Gasteiger partial charge in [0, 0.05) is 19.2 Å². The quantitative estimate of drug-likeness (QED) is 0.655. The molecule has 1 aromatic heterocycles. The lowest BCUT2D eigenvalue weighted by Crippen LogP contribution is -2.41. The van der Waals surface area contributed by atoms with Crippen LogP contribution in [0.5, 0.6) is 0 Å². The molecule has 2 N–H and O–H groups in total. The van der Waals surface area contributed by atoms with Crippen LogP contribution in [0.15, 0.2) is 16.8 Å². The van der Waals surface area contributed by atoms with Crippen LogP contribution in [-0.2, 0) is 4.79 Å². The molecule has 0 spiro atoms. The lowest BCUT2D eigenvalue weighted by molar-refractivity contribution is -0.383. The highest BCUT2D eigenvalue weighted by atomic mass is 16.6. The fourth-order valence-corrected chi connectivity index (χ4v) is 2.67. The van der Waals surface area contributed by atoms with Crippen molar-refractivity contribution < 1.29 is 14.3 Å². The minimum atomic E-state index is -0.529. The highest BCUT2D eigenvalue weighted by Gasteiger charge is 2.28. The van der Waals surface area contributed by atoms with Gasteiger partial charge in [-0.05, 0) is 29.2 Å². The van der Waals surface area contributed by atoms with Crippen molar-refractivity contribution in [2.24, 2.45) is 11.7 Å². The number of piperidine rings is 1. The van der Waals surface area contributed by atoms with E-state index in [0.29, 0.717) is 17.7 Å². The highest BCUT2D eigenvalue weighted by Crippen LogP contribution is 2.33. The van der Waals surface area contributed by atoms with Crippen LogP contribution >= 0.6 is 0 Å². The van der Waals surface area contributed by atoms with Gasteiger partial charge in [0.1, 0.15) is 0 Å². The Labute approximate surface area is 118 Å². The van der Waals surface area contributed by atoms with E-state index in [9.17, 15) is 14.9 Å². The van der Waals surface area contributed by atoms with Gasteiger partial charge in [-0.25, -0.2) is 4.63 Å². The number of hydrogen-bond donors (Lipinski definition) is 1. The summed E-state index contributed by atoms with van der Waals surface area (Å²) in [5.74, 6) is -0.569. The molecule has 1 saturated heterocycles. The van der Waals surface area contributed by atoms with Crippen molar-refractivity contribution in [1.29, 1.82) is 0 Å². The molecule has 21 heavy (non-hydrogen) atoms. The van der Waals surface area contributed by atoms with Crippen LogP contribution in [0.1, 0.15) is 12.8 Å². The number of nitrogens with zero attached hydrogens (tertiary/aromatic N) is 4. The van der Waals surface area contributed by atoms with Crippen molar-refractivity contribution in [3.05, 3.63) is 22.2 Å². The minimum absolute atomic E-state index is 0.110. The molecule has 110 valence electrons. The van der Waals surface area contributed by atoms with E-state index in [1.807, 2.05) is 4.90 Å². The first-order valence-electron chi connectivity index (χ1n) is 6.52. The number of carbonyl (C=O) groups excluding carboxylic acids is 1. The van der Waals surface area contributed by atoms with Crippen LogP contribution in [-0.4, -0.2) is 34.2 Å². The Morgan fingerprint density at radius 2 is 2.19 bits per heavy atom. The van der Waals surface area contributed by atoms with Crippen molar-refractivity contribution >= 4 is 28.3 Å². The van der Waals surface area contributed by atoms with Gasteiger partial charge in [0.05, 0.1) is 16.5 Å². The molecule has 1 aliphatic heterocycles. The van der Waals surface area contributed by atoms with Crippen LogP contribution in [0.25, 0.3) is 11.0 Å². The number of nitro benzene ring substituents is 1. The molecule has 2 heterocycles. The third kappa shape index (κ3) is 2.26. The largest absolute Gasteiger partial charge is 0.369 e. The second-order valence-corrected chi connectivity index (χ2v) is 5.01. The monoisotopic (exact) mass is 291 g/mol. The Bertz CT molecular complexity index is 713. The molecule has 3 rings (SSSR count). The van der Waals surface area contributed by atoms with Crippen molar-refractivity contribution in [1.82, 2.24) is 10.3 Å². The maximum Gasteiger partial charge on any atom is 0.300 e. The molecule has 0 bridgehead atoms. The van der Waals surface area contributed by atoms with Crippen molar-refractivity contribution in [2.75, 3.05) is 18.0 Å². The first kappa shape index (κ1) is 13.3. The average Bonchev–Trinajstić information content (AvgIpc) is 2.95. The van der Waals surface area contributed by atoms with E-state index in [1.165, 1.54) is 6.07 Å².